The second-order valence-corrected chi connectivity index (χ2v) is 8.33. The van der Waals surface area contributed by atoms with Crippen LogP contribution in [-0.4, -0.2) is 40.6 Å². The first-order valence-corrected chi connectivity index (χ1v) is 10.9. The predicted molar refractivity (Wildman–Crippen MR) is 116 cm³/mol. The fourth-order valence-corrected chi connectivity index (χ4v) is 3.92. The fourth-order valence-electron chi connectivity index (χ4n) is 2.86. The molecule has 162 valence electrons. The van der Waals surface area contributed by atoms with Gasteiger partial charge >= 0.3 is 5.97 Å². The van der Waals surface area contributed by atoms with Crippen LogP contribution in [0.3, 0.4) is 0 Å². The van der Waals surface area contributed by atoms with E-state index in [9.17, 15) is 18.0 Å². The summed E-state index contributed by atoms with van der Waals surface area (Å²) in [7, 11) is -2.30. The van der Waals surface area contributed by atoms with Gasteiger partial charge in [-0.05, 0) is 35.0 Å². The number of para-hydroxylation sites is 2. The van der Waals surface area contributed by atoms with Crippen LogP contribution in [0.5, 0.6) is 5.75 Å². The number of carbonyl (C=O) groups is 2. The molecule has 0 bridgehead atoms. The van der Waals surface area contributed by atoms with Crippen LogP contribution in [0, 0.1) is 0 Å². The molecule has 0 saturated carbocycles. The van der Waals surface area contributed by atoms with Gasteiger partial charge in [-0.3, -0.25) is 9.59 Å². The summed E-state index contributed by atoms with van der Waals surface area (Å²) in [5, 5.41) is 4.30. The van der Waals surface area contributed by atoms with E-state index in [4.69, 9.17) is 9.47 Å². The van der Waals surface area contributed by atoms with E-state index in [0.717, 1.165) is 10.8 Å². The molecule has 0 unspecified atom stereocenters. The normalized spacial score (nSPS) is 11.1. The minimum atomic E-state index is -3.78. The Balaban J connectivity index is 1.46. The summed E-state index contributed by atoms with van der Waals surface area (Å²) in [4.78, 5) is 23.9. The number of carbonyl (C=O) groups excluding carboxylic acids is 2. The maximum absolute atomic E-state index is 12.4. The molecule has 3 aromatic rings. The first-order valence-electron chi connectivity index (χ1n) is 9.46. The first kappa shape index (κ1) is 22.3. The molecule has 0 heterocycles. The number of anilines is 1. The number of ether oxygens (including phenoxy) is 2. The number of benzene rings is 3. The van der Waals surface area contributed by atoms with Crippen molar-refractivity contribution in [3.63, 3.8) is 0 Å². The molecule has 0 fully saturated rings. The number of methoxy groups -OCH3 is 1. The molecule has 9 heteroatoms. The van der Waals surface area contributed by atoms with E-state index in [1.807, 2.05) is 24.3 Å². The zero-order valence-electron chi connectivity index (χ0n) is 16.8. The third kappa shape index (κ3) is 6.03. The van der Waals surface area contributed by atoms with Crippen LogP contribution < -0.4 is 14.8 Å². The van der Waals surface area contributed by atoms with Crippen molar-refractivity contribution < 1.29 is 27.5 Å². The van der Waals surface area contributed by atoms with E-state index >= 15 is 0 Å². The van der Waals surface area contributed by atoms with Crippen LogP contribution in [-0.2, 0) is 24.3 Å². The summed E-state index contributed by atoms with van der Waals surface area (Å²) in [6, 6.07) is 19.0. The van der Waals surface area contributed by atoms with Crippen molar-refractivity contribution in [2.75, 3.05) is 25.6 Å². The van der Waals surface area contributed by atoms with Crippen LogP contribution >= 0.6 is 0 Å². The Morgan fingerprint density at radius 3 is 2.42 bits per heavy atom. The highest BCUT2D eigenvalue weighted by molar-refractivity contribution is 7.89. The van der Waals surface area contributed by atoms with Gasteiger partial charge in [0.15, 0.2) is 6.61 Å². The van der Waals surface area contributed by atoms with Gasteiger partial charge in [-0.2, -0.15) is 0 Å². The highest BCUT2D eigenvalue weighted by Crippen LogP contribution is 2.22. The molecule has 0 spiro atoms. The third-order valence-electron chi connectivity index (χ3n) is 4.40. The molecule has 0 aliphatic carbocycles. The lowest BCUT2D eigenvalue weighted by Crippen LogP contribution is -2.28. The Hall–Kier alpha value is -3.43. The highest BCUT2D eigenvalue weighted by Gasteiger charge is 2.16. The van der Waals surface area contributed by atoms with Crippen molar-refractivity contribution in [1.82, 2.24) is 4.72 Å². The number of hydrogen-bond donors (Lipinski definition) is 2. The summed E-state index contributed by atoms with van der Waals surface area (Å²) in [6.07, 6.45) is -0.214. The molecule has 3 rings (SSSR count). The topological polar surface area (TPSA) is 111 Å². The largest absolute Gasteiger partial charge is 0.495 e. The number of sulfonamides is 1. The smallest absolute Gasteiger partial charge is 0.307 e. The molecule has 31 heavy (non-hydrogen) atoms. The average Bonchev–Trinajstić information content (AvgIpc) is 2.77. The molecule has 1 amide bonds. The zero-order chi connectivity index (χ0) is 22.3. The Morgan fingerprint density at radius 1 is 0.935 bits per heavy atom. The second kappa shape index (κ2) is 10.1. The van der Waals surface area contributed by atoms with Gasteiger partial charge in [-0.25, -0.2) is 13.1 Å². The Morgan fingerprint density at radius 2 is 1.65 bits per heavy atom. The second-order valence-electron chi connectivity index (χ2n) is 6.57. The minimum absolute atomic E-state index is 0.107. The lowest BCUT2D eigenvalue weighted by Gasteiger charge is -2.10. The van der Waals surface area contributed by atoms with E-state index in [2.05, 4.69) is 10.0 Å². The molecule has 0 aliphatic heterocycles. The molecule has 0 aliphatic rings. The Bertz CT molecular complexity index is 1190. The first-order chi connectivity index (χ1) is 14.9. The summed E-state index contributed by atoms with van der Waals surface area (Å²) >= 11 is 0. The number of fused-ring (bicyclic) bond motifs is 1. The minimum Gasteiger partial charge on any atom is -0.495 e. The van der Waals surface area contributed by atoms with Crippen molar-refractivity contribution in [2.45, 2.75) is 11.3 Å². The predicted octanol–water partition coefficient (Wildman–Crippen LogP) is 2.70. The molecule has 0 radical (unpaired) electrons. The maximum atomic E-state index is 12.4. The summed E-state index contributed by atoms with van der Waals surface area (Å²) in [5.74, 6) is -0.753. The molecule has 3 aromatic carbocycles. The molecule has 2 N–H and O–H groups in total. The van der Waals surface area contributed by atoms with Crippen molar-refractivity contribution in [3.05, 3.63) is 66.7 Å². The van der Waals surface area contributed by atoms with Gasteiger partial charge in [0, 0.05) is 6.54 Å². The Kier molecular flexibility index (Phi) is 7.22. The SMILES string of the molecule is COc1ccccc1NC(=O)COC(=O)CCNS(=O)(=O)c1ccc2ccccc2c1. The van der Waals surface area contributed by atoms with Gasteiger partial charge in [0.05, 0.1) is 24.1 Å². The zero-order valence-corrected chi connectivity index (χ0v) is 17.6. The van der Waals surface area contributed by atoms with E-state index in [0.29, 0.717) is 11.4 Å². The molecular weight excluding hydrogens is 420 g/mol. The lowest BCUT2D eigenvalue weighted by molar-refractivity contribution is -0.147. The maximum Gasteiger partial charge on any atom is 0.307 e. The fraction of sp³-hybridized carbons (Fsp3) is 0.182. The molecular formula is C22H22N2O6S. The lowest BCUT2D eigenvalue weighted by atomic mass is 10.1. The molecule has 8 nitrogen and oxygen atoms in total. The van der Waals surface area contributed by atoms with Crippen molar-refractivity contribution in [2.24, 2.45) is 0 Å². The van der Waals surface area contributed by atoms with Gasteiger partial charge in [0.25, 0.3) is 5.91 Å². The van der Waals surface area contributed by atoms with Crippen molar-refractivity contribution >= 4 is 38.4 Å². The van der Waals surface area contributed by atoms with Gasteiger partial charge in [0.2, 0.25) is 10.0 Å². The number of esters is 1. The number of hydrogen-bond acceptors (Lipinski definition) is 6. The quantitative estimate of drug-likeness (QED) is 0.493. The molecule has 0 aromatic heterocycles. The van der Waals surface area contributed by atoms with Crippen LogP contribution in [0.1, 0.15) is 6.42 Å². The van der Waals surface area contributed by atoms with E-state index in [1.54, 1.807) is 36.4 Å². The van der Waals surface area contributed by atoms with Crippen LogP contribution in [0.25, 0.3) is 10.8 Å². The molecule has 0 saturated heterocycles. The van der Waals surface area contributed by atoms with Crippen molar-refractivity contribution in [1.29, 1.82) is 0 Å². The van der Waals surface area contributed by atoms with E-state index in [-0.39, 0.29) is 17.9 Å². The summed E-state index contributed by atoms with van der Waals surface area (Å²) in [5.41, 5.74) is 0.453. The number of amides is 1. The van der Waals surface area contributed by atoms with Crippen LogP contribution in [0.4, 0.5) is 5.69 Å². The third-order valence-corrected chi connectivity index (χ3v) is 5.86. The van der Waals surface area contributed by atoms with Gasteiger partial charge in [0.1, 0.15) is 5.75 Å². The van der Waals surface area contributed by atoms with Crippen molar-refractivity contribution in [3.8, 4) is 5.75 Å². The van der Waals surface area contributed by atoms with E-state index < -0.39 is 28.5 Å². The van der Waals surface area contributed by atoms with Gasteiger partial charge in [-0.15, -0.1) is 0 Å². The highest BCUT2D eigenvalue weighted by atomic mass is 32.2. The van der Waals surface area contributed by atoms with Crippen LogP contribution in [0.15, 0.2) is 71.6 Å². The van der Waals surface area contributed by atoms with Crippen LogP contribution in [0.2, 0.25) is 0 Å². The standard InChI is InChI=1S/C22H22N2O6S/c1-29-20-9-5-4-8-19(20)24-21(25)15-30-22(26)12-13-23-31(27,28)18-11-10-16-6-2-3-7-17(16)14-18/h2-11,14,23H,12-13,15H2,1H3,(H,24,25). The molecule has 0 atom stereocenters. The number of rotatable bonds is 9. The van der Waals surface area contributed by atoms with Gasteiger partial charge < -0.3 is 14.8 Å². The van der Waals surface area contributed by atoms with E-state index in [1.165, 1.54) is 13.2 Å². The summed E-state index contributed by atoms with van der Waals surface area (Å²) < 4.78 is 37.3. The average molecular weight is 442 g/mol. The Labute approximate surface area is 180 Å². The van der Waals surface area contributed by atoms with Gasteiger partial charge in [-0.1, -0.05) is 42.5 Å². The summed E-state index contributed by atoms with van der Waals surface area (Å²) in [6.45, 7) is -0.642. The number of nitrogens with one attached hydrogen (secondary N) is 2. The monoisotopic (exact) mass is 442 g/mol.